The van der Waals surface area contributed by atoms with Crippen LogP contribution in [-0.2, 0) is 6.54 Å². The van der Waals surface area contributed by atoms with E-state index in [1.807, 2.05) is 19.1 Å². The lowest BCUT2D eigenvalue weighted by Gasteiger charge is -2.32. The van der Waals surface area contributed by atoms with Crippen molar-refractivity contribution in [1.29, 1.82) is 0 Å². The third-order valence-corrected chi connectivity index (χ3v) is 5.67. The van der Waals surface area contributed by atoms with E-state index in [4.69, 9.17) is 4.42 Å². The van der Waals surface area contributed by atoms with Crippen LogP contribution in [0.25, 0.3) is 0 Å². The summed E-state index contributed by atoms with van der Waals surface area (Å²) in [6.07, 6.45) is 5.52. The number of rotatable bonds is 6. The molecule has 4 rings (SSSR count). The van der Waals surface area contributed by atoms with Crippen LogP contribution < -0.4 is 5.32 Å². The normalized spacial score (nSPS) is 24.4. The van der Waals surface area contributed by atoms with Crippen LogP contribution in [0.5, 0.6) is 0 Å². The molecule has 0 amide bonds. The highest BCUT2D eigenvalue weighted by molar-refractivity contribution is 5.36. The van der Waals surface area contributed by atoms with Crippen LogP contribution in [-0.4, -0.2) is 45.7 Å². The molecule has 0 aromatic carbocycles. The first kappa shape index (κ1) is 17.5. The third-order valence-electron chi connectivity index (χ3n) is 5.67. The molecule has 2 aromatic rings. The molecule has 6 nitrogen and oxygen atoms in total. The summed E-state index contributed by atoms with van der Waals surface area (Å²) >= 11 is 0. The van der Waals surface area contributed by atoms with Crippen molar-refractivity contribution in [2.75, 3.05) is 25.0 Å². The largest absolute Gasteiger partial charge is 0.465 e. The van der Waals surface area contributed by atoms with Gasteiger partial charge in [0.2, 0.25) is 0 Å². The van der Waals surface area contributed by atoms with Gasteiger partial charge in [-0.3, -0.25) is 4.90 Å². The number of aromatic nitrogens is 2. The second-order valence-electron chi connectivity index (χ2n) is 7.76. The molecule has 1 aliphatic carbocycles. The van der Waals surface area contributed by atoms with Crippen molar-refractivity contribution in [1.82, 2.24) is 14.9 Å². The Labute approximate surface area is 154 Å². The maximum atomic E-state index is 9.47. The Balaban J connectivity index is 1.22. The van der Waals surface area contributed by atoms with E-state index in [1.54, 1.807) is 6.33 Å². The molecule has 0 unspecified atom stereocenters. The summed E-state index contributed by atoms with van der Waals surface area (Å²) in [5.74, 6) is 4.02. The van der Waals surface area contributed by atoms with E-state index in [9.17, 15) is 5.11 Å². The Morgan fingerprint density at radius 2 is 2.04 bits per heavy atom. The number of aliphatic hydroxyl groups excluding tert-OH is 1. The SMILES string of the molecule is Cc1ccc(CN2CCC(CNc3cc(C4CC(O)C4)ncn3)CC2)o1. The molecule has 2 fully saturated rings. The zero-order valence-electron chi connectivity index (χ0n) is 15.4. The standard InChI is InChI=1S/C20H28N4O2/c1-14-2-3-18(26-14)12-24-6-4-15(5-7-24)11-21-20-10-19(22-13-23-20)16-8-17(25)9-16/h2-3,10,13,15-17,25H,4-9,11-12H2,1H3,(H,21,22,23). The van der Waals surface area contributed by atoms with Gasteiger partial charge in [0.1, 0.15) is 23.7 Å². The van der Waals surface area contributed by atoms with Gasteiger partial charge < -0.3 is 14.8 Å². The zero-order chi connectivity index (χ0) is 17.9. The summed E-state index contributed by atoms with van der Waals surface area (Å²) < 4.78 is 5.69. The molecule has 1 aliphatic heterocycles. The topological polar surface area (TPSA) is 74.4 Å². The molecule has 2 aromatic heterocycles. The van der Waals surface area contributed by atoms with E-state index in [0.717, 1.165) is 62.1 Å². The quantitative estimate of drug-likeness (QED) is 0.829. The Morgan fingerprint density at radius 3 is 2.73 bits per heavy atom. The number of hydrogen-bond donors (Lipinski definition) is 2. The average Bonchev–Trinajstić information content (AvgIpc) is 3.03. The first-order valence-electron chi connectivity index (χ1n) is 9.67. The van der Waals surface area contributed by atoms with Gasteiger partial charge in [0.25, 0.3) is 0 Å². The first-order chi connectivity index (χ1) is 12.7. The van der Waals surface area contributed by atoms with Crippen molar-refractivity contribution in [2.24, 2.45) is 5.92 Å². The molecule has 0 bridgehead atoms. The van der Waals surface area contributed by atoms with E-state index in [0.29, 0.717) is 11.8 Å². The lowest BCUT2D eigenvalue weighted by molar-refractivity contribution is 0.0732. The maximum Gasteiger partial charge on any atom is 0.129 e. The van der Waals surface area contributed by atoms with Gasteiger partial charge in [-0.15, -0.1) is 0 Å². The van der Waals surface area contributed by atoms with E-state index in [-0.39, 0.29) is 6.10 Å². The highest BCUT2D eigenvalue weighted by Crippen LogP contribution is 2.36. The van der Waals surface area contributed by atoms with Crippen molar-refractivity contribution in [3.8, 4) is 0 Å². The van der Waals surface area contributed by atoms with E-state index in [2.05, 4.69) is 26.3 Å². The van der Waals surface area contributed by atoms with Crippen LogP contribution in [0.3, 0.4) is 0 Å². The van der Waals surface area contributed by atoms with Crippen molar-refractivity contribution >= 4 is 5.82 Å². The van der Waals surface area contributed by atoms with Gasteiger partial charge in [-0.1, -0.05) is 0 Å². The van der Waals surface area contributed by atoms with E-state index < -0.39 is 0 Å². The number of nitrogens with one attached hydrogen (secondary N) is 1. The number of furan rings is 1. The second-order valence-corrected chi connectivity index (χ2v) is 7.76. The molecular weight excluding hydrogens is 328 g/mol. The lowest BCUT2D eigenvalue weighted by atomic mass is 9.80. The Morgan fingerprint density at radius 1 is 1.23 bits per heavy atom. The molecule has 2 N–H and O–H groups in total. The number of hydrogen-bond acceptors (Lipinski definition) is 6. The summed E-state index contributed by atoms with van der Waals surface area (Å²) in [6, 6.07) is 6.16. The minimum absolute atomic E-state index is 0.151. The van der Waals surface area contributed by atoms with Crippen molar-refractivity contribution in [3.05, 3.63) is 41.7 Å². The van der Waals surface area contributed by atoms with Gasteiger partial charge in [-0.25, -0.2) is 9.97 Å². The molecule has 0 spiro atoms. The van der Waals surface area contributed by atoms with Crippen LogP contribution in [0.2, 0.25) is 0 Å². The molecule has 0 radical (unpaired) electrons. The van der Waals surface area contributed by atoms with Crippen molar-refractivity contribution < 1.29 is 9.52 Å². The molecule has 2 aliphatic rings. The molecule has 1 saturated heterocycles. The second kappa shape index (κ2) is 7.76. The number of nitrogens with zero attached hydrogens (tertiary/aromatic N) is 3. The fourth-order valence-corrected chi connectivity index (χ4v) is 3.91. The van der Waals surface area contributed by atoms with E-state index in [1.165, 1.54) is 12.8 Å². The van der Waals surface area contributed by atoms with Crippen LogP contribution in [0, 0.1) is 12.8 Å². The number of aryl methyl sites for hydroxylation is 1. The predicted octanol–water partition coefficient (Wildman–Crippen LogP) is 2.94. The number of likely N-dealkylation sites (tertiary alicyclic amines) is 1. The zero-order valence-corrected chi connectivity index (χ0v) is 15.4. The highest BCUT2D eigenvalue weighted by atomic mass is 16.3. The summed E-state index contributed by atoms with van der Waals surface area (Å²) in [4.78, 5) is 11.2. The molecular formula is C20H28N4O2. The van der Waals surface area contributed by atoms with Crippen LogP contribution in [0.4, 0.5) is 5.82 Å². The molecule has 140 valence electrons. The number of anilines is 1. The maximum absolute atomic E-state index is 9.47. The predicted molar refractivity (Wildman–Crippen MR) is 99.9 cm³/mol. The average molecular weight is 356 g/mol. The summed E-state index contributed by atoms with van der Waals surface area (Å²) in [7, 11) is 0. The molecule has 6 heteroatoms. The fourth-order valence-electron chi connectivity index (χ4n) is 3.91. The minimum Gasteiger partial charge on any atom is -0.465 e. The molecule has 3 heterocycles. The van der Waals surface area contributed by atoms with Gasteiger partial charge >= 0.3 is 0 Å². The molecule has 1 saturated carbocycles. The fraction of sp³-hybridized carbons (Fsp3) is 0.600. The molecule has 0 atom stereocenters. The Bertz CT molecular complexity index is 718. The monoisotopic (exact) mass is 356 g/mol. The van der Waals surface area contributed by atoms with Gasteiger partial charge in [-0.2, -0.15) is 0 Å². The summed E-state index contributed by atoms with van der Waals surface area (Å²) in [5, 5.41) is 13.0. The van der Waals surface area contributed by atoms with Gasteiger partial charge in [0.15, 0.2) is 0 Å². The van der Waals surface area contributed by atoms with Crippen molar-refractivity contribution in [2.45, 2.75) is 51.2 Å². The first-order valence-corrected chi connectivity index (χ1v) is 9.67. The van der Waals surface area contributed by atoms with Gasteiger partial charge in [0.05, 0.1) is 12.6 Å². The lowest BCUT2D eigenvalue weighted by Crippen LogP contribution is -2.35. The van der Waals surface area contributed by atoms with Crippen molar-refractivity contribution in [3.63, 3.8) is 0 Å². The Kier molecular flexibility index (Phi) is 5.22. The smallest absolute Gasteiger partial charge is 0.129 e. The third kappa shape index (κ3) is 4.24. The Hall–Kier alpha value is -1.92. The minimum atomic E-state index is -0.151. The number of piperidine rings is 1. The summed E-state index contributed by atoms with van der Waals surface area (Å²) in [6.45, 7) is 6.09. The van der Waals surface area contributed by atoms with Crippen LogP contribution in [0.15, 0.2) is 28.9 Å². The van der Waals surface area contributed by atoms with Gasteiger partial charge in [0, 0.05) is 24.2 Å². The van der Waals surface area contributed by atoms with E-state index >= 15 is 0 Å². The van der Waals surface area contributed by atoms with Crippen LogP contribution in [0.1, 0.15) is 48.8 Å². The van der Waals surface area contributed by atoms with Crippen LogP contribution >= 0.6 is 0 Å². The highest BCUT2D eigenvalue weighted by Gasteiger charge is 2.29. The number of aliphatic hydroxyl groups is 1. The van der Waals surface area contributed by atoms with Gasteiger partial charge in [-0.05, 0) is 63.7 Å². The summed E-state index contributed by atoms with van der Waals surface area (Å²) in [5.41, 5.74) is 1.05. The molecule has 26 heavy (non-hydrogen) atoms.